The Labute approximate surface area is 157 Å². The Balaban J connectivity index is 1.98. The number of hydrogen-bond acceptors (Lipinski definition) is 3. The van der Waals surface area contributed by atoms with Gasteiger partial charge in [0.1, 0.15) is 5.82 Å². The maximum absolute atomic E-state index is 12.8. The molecule has 5 nitrogen and oxygen atoms in total. The maximum atomic E-state index is 12.8. The Bertz CT molecular complexity index is 932. The molecule has 0 spiro atoms. The van der Waals surface area contributed by atoms with E-state index in [-0.39, 0.29) is 13.0 Å². The SMILES string of the molecule is O=C(CCNS(=O)(=O)c1ccc(Cl)c(C(F)(F)F)c1)Nc1ccc(F)cc1. The molecular formula is C16H13ClF4N2O3S. The van der Waals surface area contributed by atoms with Gasteiger partial charge >= 0.3 is 6.18 Å². The molecule has 0 aromatic heterocycles. The molecule has 11 heteroatoms. The standard InChI is InChI=1S/C16H13ClF4N2O3S/c17-14-6-5-12(9-13(14)16(19,20)21)27(25,26)22-8-7-15(24)23-11-3-1-10(18)2-4-11/h1-6,9,22H,7-8H2,(H,23,24). The van der Waals surface area contributed by atoms with Crippen molar-refractivity contribution in [1.29, 1.82) is 0 Å². The molecule has 2 aromatic carbocycles. The van der Waals surface area contributed by atoms with Crippen LogP contribution in [0.25, 0.3) is 0 Å². The second-order valence-corrected chi connectivity index (χ2v) is 7.52. The largest absolute Gasteiger partial charge is 0.417 e. The third kappa shape index (κ3) is 5.91. The van der Waals surface area contributed by atoms with E-state index in [1.165, 1.54) is 12.1 Å². The lowest BCUT2D eigenvalue weighted by atomic mass is 10.2. The monoisotopic (exact) mass is 424 g/mol. The van der Waals surface area contributed by atoms with Gasteiger partial charge in [0.15, 0.2) is 0 Å². The minimum atomic E-state index is -4.81. The highest BCUT2D eigenvalue weighted by Crippen LogP contribution is 2.35. The summed E-state index contributed by atoms with van der Waals surface area (Å²) in [5.41, 5.74) is -0.960. The number of anilines is 1. The number of sulfonamides is 1. The van der Waals surface area contributed by atoms with Gasteiger partial charge in [0.25, 0.3) is 0 Å². The van der Waals surface area contributed by atoms with E-state index in [0.717, 1.165) is 24.3 Å². The molecule has 0 unspecified atom stereocenters. The zero-order chi connectivity index (χ0) is 20.2. The second-order valence-electron chi connectivity index (χ2n) is 5.34. The molecule has 2 rings (SSSR count). The van der Waals surface area contributed by atoms with Gasteiger partial charge in [-0.05, 0) is 42.5 Å². The van der Waals surface area contributed by atoms with Crippen LogP contribution in [0.4, 0.5) is 23.2 Å². The third-order valence-electron chi connectivity index (χ3n) is 3.33. The van der Waals surface area contributed by atoms with E-state index in [0.29, 0.717) is 11.8 Å². The van der Waals surface area contributed by atoms with E-state index in [4.69, 9.17) is 11.6 Å². The number of carbonyl (C=O) groups is 1. The first kappa shape index (κ1) is 21.1. The molecule has 27 heavy (non-hydrogen) atoms. The zero-order valence-electron chi connectivity index (χ0n) is 13.5. The fraction of sp³-hybridized carbons (Fsp3) is 0.188. The summed E-state index contributed by atoms with van der Waals surface area (Å²) >= 11 is 5.45. The average Bonchev–Trinajstić information content (AvgIpc) is 2.56. The van der Waals surface area contributed by atoms with Crippen molar-refractivity contribution in [3.05, 3.63) is 58.9 Å². The first-order valence-corrected chi connectivity index (χ1v) is 9.27. The van der Waals surface area contributed by atoms with Gasteiger partial charge in [-0.2, -0.15) is 13.2 Å². The Morgan fingerprint density at radius 3 is 2.30 bits per heavy atom. The fourth-order valence-corrected chi connectivity index (χ4v) is 3.31. The normalized spacial score (nSPS) is 12.0. The average molecular weight is 425 g/mol. The van der Waals surface area contributed by atoms with Crippen molar-refractivity contribution in [2.24, 2.45) is 0 Å². The summed E-state index contributed by atoms with van der Waals surface area (Å²) < 4.78 is 77.5. The molecule has 0 radical (unpaired) electrons. The van der Waals surface area contributed by atoms with Crippen LogP contribution in [0.15, 0.2) is 47.4 Å². The number of halogens is 5. The summed E-state index contributed by atoms with van der Waals surface area (Å²) in [6, 6.07) is 7.10. The number of nitrogens with one attached hydrogen (secondary N) is 2. The van der Waals surface area contributed by atoms with E-state index in [1.807, 2.05) is 4.72 Å². The lowest BCUT2D eigenvalue weighted by Crippen LogP contribution is -2.28. The summed E-state index contributed by atoms with van der Waals surface area (Å²) in [7, 11) is -4.27. The molecule has 0 aliphatic rings. The van der Waals surface area contributed by atoms with Crippen LogP contribution in [-0.4, -0.2) is 20.9 Å². The lowest BCUT2D eigenvalue weighted by molar-refractivity contribution is -0.137. The van der Waals surface area contributed by atoms with E-state index in [1.54, 1.807) is 0 Å². The summed E-state index contributed by atoms with van der Waals surface area (Å²) in [6.45, 7) is -0.348. The molecule has 0 saturated heterocycles. The predicted octanol–water partition coefficient (Wildman–Crippen LogP) is 3.81. The van der Waals surface area contributed by atoms with Gasteiger partial charge in [-0.15, -0.1) is 0 Å². The van der Waals surface area contributed by atoms with Gasteiger partial charge in [0, 0.05) is 18.7 Å². The molecule has 0 bridgehead atoms. The van der Waals surface area contributed by atoms with Crippen molar-refractivity contribution in [2.45, 2.75) is 17.5 Å². The van der Waals surface area contributed by atoms with Crippen molar-refractivity contribution >= 4 is 33.2 Å². The van der Waals surface area contributed by atoms with Crippen LogP contribution in [0.5, 0.6) is 0 Å². The van der Waals surface area contributed by atoms with Gasteiger partial charge in [-0.25, -0.2) is 17.5 Å². The van der Waals surface area contributed by atoms with Crippen molar-refractivity contribution in [2.75, 3.05) is 11.9 Å². The third-order valence-corrected chi connectivity index (χ3v) is 5.11. The second kappa shape index (κ2) is 8.24. The van der Waals surface area contributed by atoms with E-state index in [9.17, 15) is 30.8 Å². The Hall–Kier alpha value is -2.17. The molecular weight excluding hydrogens is 412 g/mol. The molecule has 0 aliphatic heterocycles. The minimum absolute atomic E-state index is 0.281. The summed E-state index contributed by atoms with van der Waals surface area (Å²) in [6.07, 6.45) is -5.09. The van der Waals surface area contributed by atoms with Crippen molar-refractivity contribution < 1.29 is 30.8 Å². The highest BCUT2D eigenvalue weighted by Gasteiger charge is 2.34. The van der Waals surface area contributed by atoms with Crippen LogP contribution in [0.3, 0.4) is 0 Å². The molecule has 0 fully saturated rings. The van der Waals surface area contributed by atoms with Crippen LogP contribution in [-0.2, 0) is 21.0 Å². The molecule has 146 valence electrons. The lowest BCUT2D eigenvalue weighted by Gasteiger charge is -2.12. The number of amides is 1. The minimum Gasteiger partial charge on any atom is -0.326 e. The van der Waals surface area contributed by atoms with Crippen molar-refractivity contribution in [3.8, 4) is 0 Å². The summed E-state index contributed by atoms with van der Waals surface area (Å²) in [5.74, 6) is -1.04. The Kier molecular flexibility index (Phi) is 6.45. The first-order chi connectivity index (χ1) is 12.5. The molecule has 0 aliphatic carbocycles. The highest BCUT2D eigenvalue weighted by atomic mass is 35.5. The molecule has 0 atom stereocenters. The molecule has 0 saturated carbocycles. The Morgan fingerprint density at radius 1 is 1.07 bits per heavy atom. The fourth-order valence-electron chi connectivity index (χ4n) is 2.03. The summed E-state index contributed by atoms with van der Waals surface area (Å²) in [4.78, 5) is 11.1. The van der Waals surface area contributed by atoms with Crippen LogP contribution in [0.2, 0.25) is 5.02 Å². The Morgan fingerprint density at radius 2 is 1.70 bits per heavy atom. The molecule has 1 amide bonds. The maximum Gasteiger partial charge on any atom is 0.417 e. The van der Waals surface area contributed by atoms with E-state index < -0.39 is 43.4 Å². The molecule has 0 heterocycles. The smallest absolute Gasteiger partial charge is 0.326 e. The van der Waals surface area contributed by atoms with Gasteiger partial charge in [-0.1, -0.05) is 11.6 Å². The van der Waals surface area contributed by atoms with Gasteiger partial charge < -0.3 is 5.32 Å². The summed E-state index contributed by atoms with van der Waals surface area (Å²) in [5, 5.41) is 1.80. The van der Waals surface area contributed by atoms with Crippen LogP contribution < -0.4 is 10.0 Å². The van der Waals surface area contributed by atoms with Gasteiger partial charge in [0.2, 0.25) is 15.9 Å². The first-order valence-electron chi connectivity index (χ1n) is 7.41. The number of hydrogen-bond donors (Lipinski definition) is 2. The van der Waals surface area contributed by atoms with Crippen molar-refractivity contribution in [3.63, 3.8) is 0 Å². The molecule has 2 aromatic rings. The van der Waals surface area contributed by atoms with Gasteiger partial charge in [-0.3, -0.25) is 4.79 Å². The van der Waals surface area contributed by atoms with E-state index >= 15 is 0 Å². The molecule has 2 N–H and O–H groups in total. The number of rotatable bonds is 6. The van der Waals surface area contributed by atoms with Crippen LogP contribution >= 0.6 is 11.6 Å². The number of alkyl halides is 3. The van der Waals surface area contributed by atoms with Crippen molar-refractivity contribution in [1.82, 2.24) is 4.72 Å². The van der Waals surface area contributed by atoms with Crippen LogP contribution in [0, 0.1) is 5.82 Å². The predicted molar refractivity (Wildman–Crippen MR) is 91.3 cm³/mol. The number of carbonyl (C=O) groups excluding carboxylic acids is 1. The van der Waals surface area contributed by atoms with E-state index in [2.05, 4.69) is 5.32 Å². The van der Waals surface area contributed by atoms with Gasteiger partial charge in [0.05, 0.1) is 15.5 Å². The number of benzene rings is 2. The quantitative estimate of drug-likeness (QED) is 0.692. The highest BCUT2D eigenvalue weighted by molar-refractivity contribution is 7.89. The zero-order valence-corrected chi connectivity index (χ0v) is 15.1. The topological polar surface area (TPSA) is 75.3 Å². The van der Waals surface area contributed by atoms with Crippen LogP contribution in [0.1, 0.15) is 12.0 Å².